The lowest BCUT2D eigenvalue weighted by molar-refractivity contribution is -0.119. The molecule has 0 saturated heterocycles. The predicted molar refractivity (Wildman–Crippen MR) is 99.6 cm³/mol. The van der Waals surface area contributed by atoms with Gasteiger partial charge in [-0.15, -0.1) is 0 Å². The lowest BCUT2D eigenvalue weighted by Gasteiger charge is -2.09. The van der Waals surface area contributed by atoms with Gasteiger partial charge in [-0.1, -0.05) is 6.07 Å². The maximum atomic E-state index is 12.4. The lowest BCUT2D eigenvalue weighted by atomic mass is 10.1. The largest absolute Gasteiger partial charge is 0.452 e. The highest BCUT2D eigenvalue weighted by Gasteiger charge is 2.28. The van der Waals surface area contributed by atoms with Crippen molar-refractivity contribution in [2.24, 2.45) is 0 Å². The molecule has 4 rings (SSSR count). The second kappa shape index (κ2) is 6.63. The Morgan fingerprint density at radius 3 is 2.69 bits per heavy atom. The number of hydrogen-bond acceptors (Lipinski definition) is 3. The third-order valence-corrected chi connectivity index (χ3v) is 5.33. The van der Waals surface area contributed by atoms with Gasteiger partial charge in [-0.2, -0.15) is 0 Å². The zero-order chi connectivity index (χ0) is 18.3. The number of nitrogens with one attached hydrogen (secondary N) is 1. The minimum absolute atomic E-state index is 0.275. The highest BCUT2D eigenvalue weighted by atomic mass is 16.5. The second-order valence-electron chi connectivity index (χ2n) is 7.35. The van der Waals surface area contributed by atoms with E-state index in [0.29, 0.717) is 11.6 Å². The molecule has 26 heavy (non-hydrogen) atoms. The van der Waals surface area contributed by atoms with Gasteiger partial charge in [0.1, 0.15) is 0 Å². The molecule has 2 aromatic rings. The smallest absolute Gasteiger partial charge is 0.340 e. The quantitative estimate of drug-likeness (QED) is 0.834. The van der Waals surface area contributed by atoms with E-state index < -0.39 is 5.97 Å². The van der Waals surface area contributed by atoms with Gasteiger partial charge in [0, 0.05) is 23.1 Å². The fourth-order valence-corrected chi connectivity index (χ4v) is 3.93. The average molecular weight is 352 g/mol. The molecular formula is C21H24N2O3. The van der Waals surface area contributed by atoms with Crippen LogP contribution in [0, 0.1) is 13.8 Å². The van der Waals surface area contributed by atoms with Crippen molar-refractivity contribution in [1.82, 2.24) is 4.57 Å². The first kappa shape index (κ1) is 16.9. The third kappa shape index (κ3) is 3.26. The van der Waals surface area contributed by atoms with Gasteiger partial charge in [0.15, 0.2) is 6.61 Å². The molecule has 1 N–H and O–H groups in total. The molecule has 0 radical (unpaired) electrons. The summed E-state index contributed by atoms with van der Waals surface area (Å²) < 4.78 is 7.44. The summed E-state index contributed by atoms with van der Waals surface area (Å²) >= 11 is 0. The van der Waals surface area contributed by atoms with E-state index >= 15 is 0 Å². The van der Waals surface area contributed by atoms with Crippen LogP contribution in [-0.4, -0.2) is 23.1 Å². The fourth-order valence-electron chi connectivity index (χ4n) is 3.93. The Morgan fingerprint density at radius 2 is 1.92 bits per heavy atom. The topological polar surface area (TPSA) is 60.3 Å². The zero-order valence-electron chi connectivity index (χ0n) is 15.3. The van der Waals surface area contributed by atoms with E-state index in [2.05, 4.69) is 16.0 Å². The second-order valence-corrected chi connectivity index (χ2v) is 7.35. The molecule has 0 unspecified atom stereocenters. The maximum absolute atomic E-state index is 12.4. The number of fused-ring (bicyclic) bond motifs is 1. The van der Waals surface area contributed by atoms with Gasteiger partial charge >= 0.3 is 5.97 Å². The van der Waals surface area contributed by atoms with Crippen LogP contribution in [0.2, 0.25) is 0 Å². The van der Waals surface area contributed by atoms with E-state index in [9.17, 15) is 9.59 Å². The van der Waals surface area contributed by atoms with Crippen molar-refractivity contribution < 1.29 is 14.3 Å². The third-order valence-electron chi connectivity index (χ3n) is 5.33. The monoisotopic (exact) mass is 352 g/mol. The summed E-state index contributed by atoms with van der Waals surface area (Å²) in [5, 5.41) is 2.82. The first-order valence-electron chi connectivity index (χ1n) is 9.30. The first-order chi connectivity index (χ1) is 12.5. The van der Waals surface area contributed by atoms with E-state index in [-0.39, 0.29) is 12.5 Å². The highest BCUT2D eigenvalue weighted by Crippen LogP contribution is 2.38. The van der Waals surface area contributed by atoms with Gasteiger partial charge in [0.05, 0.1) is 5.56 Å². The summed E-state index contributed by atoms with van der Waals surface area (Å²) in [7, 11) is 0. The summed E-state index contributed by atoms with van der Waals surface area (Å²) in [6.07, 6.45) is 5.66. The van der Waals surface area contributed by atoms with Gasteiger partial charge < -0.3 is 14.6 Å². The molecule has 5 nitrogen and oxygen atoms in total. The molecule has 1 saturated carbocycles. The maximum Gasteiger partial charge on any atom is 0.340 e. The van der Waals surface area contributed by atoms with Crippen LogP contribution in [0.25, 0.3) is 0 Å². The number of aryl methyl sites for hydroxylation is 3. The van der Waals surface area contributed by atoms with Gasteiger partial charge in [0.25, 0.3) is 5.91 Å². The Balaban J connectivity index is 1.35. The number of hydrogen-bond donors (Lipinski definition) is 1. The summed E-state index contributed by atoms with van der Waals surface area (Å²) in [5.74, 6) is -0.749. The van der Waals surface area contributed by atoms with Gasteiger partial charge in [-0.3, -0.25) is 4.79 Å². The van der Waals surface area contributed by atoms with Crippen molar-refractivity contribution in [2.45, 2.75) is 52.0 Å². The van der Waals surface area contributed by atoms with Gasteiger partial charge in [-0.05, 0) is 75.3 Å². The van der Waals surface area contributed by atoms with Crippen molar-refractivity contribution in [3.05, 3.63) is 52.3 Å². The Morgan fingerprint density at radius 1 is 1.15 bits per heavy atom. The number of carbonyl (C=O) groups excluding carboxylic acids is 2. The molecule has 1 aromatic heterocycles. The summed E-state index contributed by atoms with van der Waals surface area (Å²) in [5.41, 5.74) is 5.97. The van der Waals surface area contributed by atoms with Crippen molar-refractivity contribution in [3.8, 4) is 0 Å². The van der Waals surface area contributed by atoms with E-state index in [4.69, 9.17) is 4.74 Å². The van der Waals surface area contributed by atoms with E-state index in [1.807, 2.05) is 32.0 Å². The van der Waals surface area contributed by atoms with Gasteiger partial charge in [-0.25, -0.2) is 4.79 Å². The van der Waals surface area contributed by atoms with Crippen LogP contribution in [0.1, 0.15) is 58.2 Å². The number of rotatable bonds is 5. The number of ether oxygens (including phenoxy) is 1. The standard InChI is InChI=1S/C21H24N2O3/c1-13-10-19(14(2)23(13)18-8-9-18)21(25)26-12-20(24)22-17-7-6-15-4-3-5-16(15)11-17/h6-7,10-11,18H,3-5,8-9,12H2,1-2H3,(H,22,24). The first-order valence-corrected chi connectivity index (χ1v) is 9.30. The van der Waals surface area contributed by atoms with Crippen LogP contribution in [0.5, 0.6) is 0 Å². The SMILES string of the molecule is Cc1cc(C(=O)OCC(=O)Nc2ccc3c(c2)CCC3)c(C)n1C1CC1. The lowest BCUT2D eigenvalue weighted by Crippen LogP contribution is -2.21. The minimum Gasteiger partial charge on any atom is -0.452 e. The molecule has 1 heterocycles. The normalized spacial score (nSPS) is 15.6. The highest BCUT2D eigenvalue weighted by molar-refractivity contribution is 5.96. The molecule has 0 spiro atoms. The number of amides is 1. The molecule has 0 bridgehead atoms. The van der Waals surface area contributed by atoms with Crippen molar-refractivity contribution >= 4 is 17.6 Å². The molecule has 1 amide bonds. The molecule has 1 aromatic carbocycles. The molecule has 1 fully saturated rings. The van der Waals surface area contributed by atoms with Crippen LogP contribution < -0.4 is 5.32 Å². The Bertz CT molecular complexity index is 878. The molecule has 5 heteroatoms. The van der Waals surface area contributed by atoms with Gasteiger partial charge in [0.2, 0.25) is 0 Å². The van der Waals surface area contributed by atoms with E-state index in [1.165, 1.54) is 17.5 Å². The van der Waals surface area contributed by atoms with Crippen LogP contribution in [0.15, 0.2) is 24.3 Å². The fraction of sp³-hybridized carbons (Fsp3) is 0.429. The van der Waals surface area contributed by atoms with E-state index in [0.717, 1.165) is 42.8 Å². The molecular weight excluding hydrogens is 328 g/mol. The Hall–Kier alpha value is -2.56. The molecule has 136 valence electrons. The summed E-state index contributed by atoms with van der Waals surface area (Å²) in [4.78, 5) is 24.5. The van der Waals surface area contributed by atoms with Crippen molar-refractivity contribution in [3.63, 3.8) is 0 Å². The number of anilines is 1. The number of esters is 1. The number of aromatic nitrogens is 1. The molecule has 0 atom stereocenters. The predicted octanol–water partition coefficient (Wildman–Crippen LogP) is 3.72. The summed E-state index contributed by atoms with van der Waals surface area (Å²) in [6.45, 7) is 3.66. The molecule has 2 aliphatic carbocycles. The van der Waals surface area contributed by atoms with Crippen LogP contribution >= 0.6 is 0 Å². The van der Waals surface area contributed by atoms with Crippen LogP contribution in [0.3, 0.4) is 0 Å². The zero-order valence-corrected chi connectivity index (χ0v) is 15.3. The average Bonchev–Trinajstić information content (AvgIpc) is 3.25. The van der Waals surface area contributed by atoms with Crippen LogP contribution in [0.4, 0.5) is 5.69 Å². The Kier molecular flexibility index (Phi) is 4.31. The molecule has 0 aliphatic heterocycles. The minimum atomic E-state index is -0.436. The number of benzene rings is 1. The molecule has 2 aliphatic rings. The number of nitrogens with zero attached hydrogens (tertiary/aromatic N) is 1. The van der Waals surface area contributed by atoms with Crippen molar-refractivity contribution in [1.29, 1.82) is 0 Å². The van der Waals surface area contributed by atoms with Crippen LogP contribution in [-0.2, 0) is 22.4 Å². The Labute approximate surface area is 153 Å². The van der Waals surface area contributed by atoms with Crippen molar-refractivity contribution in [2.75, 3.05) is 11.9 Å². The number of carbonyl (C=O) groups is 2. The van der Waals surface area contributed by atoms with E-state index in [1.54, 1.807) is 0 Å². The summed E-state index contributed by atoms with van der Waals surface area (Å²) in [6, 6.07) is 8.36.